The van der Waals surface area contributed by atoms with Gasteiger partial charge in [0.15, 0.2) is 0 Å². The average molecular weight is 442 g/mol. The van der Waals surface area contributed by atoms with E-state index in [0.717, 1.165) is 38.9 Å². The number of carbonyl (C=O) groups is 1. The minimum atomic E-state index is -3.51. The fraction of sp³-hybridized carbons (Fsp3) is 0.458. The Kier molecular flexibility index (Phi) is 6.74. The molecule has 1 unspecified atom stereocenters. The van der Waals surface area contributed by atoms with Crippen molar-refractivity contribution >= 4 is 15.9 Å². The maximum absolute atomic E-state index is 13.0. The van der Waals surface area contributed by atoms with Crippen LogP contribution >= 0.6 is 0 Å². The van der Waals surface area contributed by atoms with E-state index in [1.807, 2.05) is 30.0 Å². The Balaban J connectivity index is 1.36. The third-order valence-corrected chi connectivity index (χ3v) is 8.39. The van der Waals surface area contributed by atoms with Crippen molar-refractivity contribution in [2.75, 3.05) is 32.7 Å². The molecular weight excluding hydrogens is 410 g/mol. The molecule has 0 saturated carbocycles. The lowest BCUT2D eigenvalue weighted by Crippen LogP contribution is -2.48. The number of piperazine rings is 1. The lowest BCUT2D eigenvalue weighted by atomic mass is 10.1. The fourth-order valence-electron chi connectivity index (χ4n) is 4.47. The molecule has 1 atom stereocenters. The van der Waals surface area contributed by atoms with E-state index in [2.05, 4.69) is 17.0 Å². The molecule has 2 aromatic rings. The quantitative estimate of drug-likeness (QED) is 0.715. The van der Waals surface area contributed by atoms with Gasteiger partial charge in [0.2, 0.25) is 10.0 Å². The number of hydrogen-bond acceptors (Lipinski definition) is 4. The normalized spacial score (nSPS) is 21.2. The van der Waals surface area contributed by atoms with Crippen LogP contribution in [0.1, 0.15) is 42.1 Å². The van der Waals surface area contributed by atoms with Crippen LogP contribution in [0, 0.1) is 0 Å². The molecule has 4 rings (SSSR count). The average Bonchev–Trinajstić information content (AvgIpc) is 2.80. The number of sulfonamides is 1. The minimum absolute atomic E-state index is 0.0206. The first-order valence-electron chi connectivity index (χ1n) is 11.1. The standard InChI is InChI=1S/C24H31N3O3S/c1-20-7-5-6-14-27(20)31(29,30)23-12-10-22(11-13-23)24(28)26-17-15-25(16-18-26)19-21-8-3-2-4-9-21/h2-4,8-13,20H,5-7,14-19H2,1H3. The summed E-state index contributed by atoms with van der Waals surface area (Å²) in [4.78, 5) is 17.4. The van der Waals surface area contributed by atoms with Gasteiger partial charge in [-0.25, -0.2) is 8.42 Å². The van der Waals surface area contributed by atoms with Gasteiger partial charge >= 0.3 is 0 Å². The van der Waals surface area contributed by atoms with E-state index in [1.165, 1.54) is 5.56 Å². The first-order valence-corrected chi connectivity index (χ1v) is 12.6. The summed E-state index contributed by atoms with van der Waals surface area (Å²) in [6.45, 7) is 6.45. The second kappa shape index (κ2) is 9.51. The van der Waals surface area contributed by atoms with E-state index >= 15 is 0 Å². The Bertz CT molecular complexity index is 984. The molecule has 2 aliphatic heterocycles. The molecule has 2 saturated heterocycles. The molecule has 0 bridgehead atoms. The molecule has 2 aliphatic rings. The topological polar surface area (TPSA) is 60.9 Å². The van der Waals surface area contributed by atoms with E-state index in [1.54, 1.807) is 28.6 Å². The van der Waals surface area contributed by atoms with Gasteiger partial charge in [-0.05, 0) is 49.6 Å². The summed E-state index contributed by atoms with van der Waals surface area (Å²) >= 11 is 0. The highest BCUT2D eigenvalue weighted by Gasteiger charge is 2.31. The number of hydrogen-bond donors (Lipinski definition) is 0. The second-order valence-corrected chi connectivity index (χ2v) is 10.4. The SMILES string of the molecule is CC1CCCCN1S(=O)(=O)c1ccc(C(=O)N2CCN(Cc3ccccc3)CC2)cc1. The van der Waals surface area contributed by atoms with E-state index in [4.69, 9.17) is 0 Å². The first-order chi connectivity index (χ1) is 14.9. The van der Waals surface area contributed by atoms with Gasteiger partial charge in [-0.15, -0.1) is 0 Å². The van der Waals surface area contributed by atoms with Gasteiger partial charge in [0.05, 0.1) is 4.90 Å². The highest BCUT2D eigenvalue weighted by Crippen LogP contribution is 2.25. The van der Waals surface area contributed by atoms with E-state index < -0.39 is 10.0 Å². The van der Waals surface area contributed by atoms with E-state index in [9.17, 15) is 13.2 Å². The number of carbonyl (C=O) groups excluding carboxylic acids is 1. The maximum atomic E-state index is 13.0. The molecule has 1 amide bonds. The first kappa shape index (κ1) is 22.0. The van der Waals surface area contributed by atoms with Crippen LogP contribution in [0.25, 0.3) is 0 Å². The summed E-state index contributed by atoms with van der Waals surface area (Å²) in [5.41, 5.74) is 1.82. The summed E-state index contributed by atoms with van der Waals surface area (Å²) in [5.74, 6) is -0.0327. The van der Waals surface area contributed by atoms with Gasteiger partial charge in [0, 0.05) is 50.9 Å². The molecule has 0 N–H and O–H groups in total. The van der Waals surface area contributed by atoms with Gasteiger partial charge in [0.1, 0.15) is 0 Å². The zero-order valence-corrected chi connectivity index (χ0v) is 18.9. The zero-order valence-electron chi connectivity index (χ0n) is 18.1. The lowest BCUT2D eigenvalue weighted by molar-refractivity contribution is 0.0628. The molecule has 0 aliphatic carbocycles. The molecule has 2 aromatic carbocycles. The Morgan fingerprint density at radius 2 is 1.58 bits per heavy atom. The number of benzene rings is 2. The molecular formula is C24H31N3O3S. The fourth-order valence-corrected chi connectivity index (χ4v) is 6.17. The number of piperidine rings is 1. The third kappa shape index (κ3) is 5.00. The van der Waals surface area contributed by atoms with E-state index in [-0.39, 0.29) is 16.8 Å². The van der Waals surface area contributed by atoms with Crippen LogP contribution in [0.4, 0.5) is 0 Å². The van der Waals surface area contributed by atoms with Crippen LogP contribution in [-0.4, -0.2) is 67.2 Å². The molecule has 2 heterocycles. The summed E-state index contributed by atoms with van der Waals surface area (Å²) < 4.78 is 27.6. The monoisotopic (exact) mass is 441 g/mol. The van der Waals surface area contributed by atoms with Crippen LogP contribution in [-0.2, 0) is 16.6 Å². The van der Waals surface area contributed by atoms with Crippen molar-refractivity contribution in [1.82, 2.24) is 14.1 Å². The Labute approximate surface area is 185 Å². The predicted molar refractivity (Wildman–Crippen MR) is 121 cm³/mol. The van der Waals surface area contributed by atoms with Crippen molar-refractivity contribution in [3.63, 3.8) is 0 Å². The van der Waals surface area contributed by atoms with Crippen LogP contribution in [0.5, 0.6) is 0 Å². The van der Waals surface area contributed by atoms with Gasteiger partial charge < -0.3 is 4.90 Å². The summed E-state index contributed by atoms with van der Waals surface area (Å²) in [6, 6.07) is 16.8. The Morgan fingerprint density at radius 3 is 2.23 bits per heavy atom. The van der Waals surface area contributed by atoms with Gasteiger partial charge in [-0.1, -0.05) is 36.8 Å². The van der Waals surface area contributed by atoms with Gasteiger partial charge in [-0.3, -0.25) is 9.69 Å². The highest BCUT2D eigenvalue weighted by atomic mass is 32.2. The third-order valence-electron chi connectivity index (χ3n) is 6.36. The molecule has 0 radical (unpaired) electrons. The van der Waals surface area contributed by atoms with Crippen molar-refractivity contribution < 1.29 is 13.2 Å². The summed E-state index contributed by atoms with van der Waals surface area (Å²) in [7, 11) is -3.51. The van der Waals surface area contributed by atoms with Gasteiger partial charge in [0.25, 0.3) is 5.91 Å². The minimum Gasteiger partial charge on any atom is -0.336 e. The van der Waals surface area contributed by atoms with Gasteiger partial charge in [-0.2, -0.15) is 4.31 Å². The van der Waals surface area contributed by atoms with Crippen molar-refractivity contribution in [3.05, 3.63) is 65.7 Å². The molecule has 0 aromatic heterocycles. The summed E-state index contributed by atoms with van der Waals surface area (Å²) in [6.07, 6.45) is 2.86. The van der Waals surface area contributed by atoms with Crippen molar-refractivity contribution in [2.45, 2.75) is 43.7 Å². The Hall–Kier alpha value is -2.22. The molecule has 2 fully saturated rings. The number of nitrogens with zero attached hydrogens (tertiary/aromatic N) is 3. The highest BCUT2D eigenvalue weighted by molar-refractivity contribution is 7.89. The van der Waals surface area contributed by atoms with Crippen LogP contribution in [0.2, 0.25) is 0 Å². The molecule has 0 spiro atoms. The van der Waals surface area contributed by atoms with Crippen molar-refractivity contribution in [1.29, 1.82) is 0 Å². The predicted octanol–water partition coefficient (Wildman–Crippen LogP) is 3.21. The Morgan fingerprint density at radius 1 is 0.903 bits per heavy atom. The lowest BCUT2D eigenvalue weighted by Gasteiger charge is -2.35. The van der Waals surface area contributed by atoms with Crippen LogP contribution < -0.4 is 0 Å². The second-order valence-electron chi connectivity index (χ2n) is 8.54. The van der Waals surface area contributed by atoms with Crippen molar-refractivity contribution in [3.8, 4) is 0 Å². The zero-order chi connectivity index (χ0) is 21.8. The molecule has 6 nitrogen and oxygen atoms in total. The maximum Gasteiger partial charge on any atom is 0.253 e. The smallest absolute Gasteiger partial charge is 0.253 e. The number of rotatable bonds is 5. The molecule has 166 valence electrons. The van der Waals surface area contributed by atoms with Crippen molar-refractivity contribution in [2.24, 2.45) is 0 Å². The van der Waals surface area contributed by atoms with E-state index in [0.29, 0.717) is 25.2 Å². The number of amides is 1. The van der Waals surface area contributed by atoms with Crippen LogP contribution in [0.3, 0.4) is 0 Å². The largest absolute Gasteiger partial charge is 0.336 e. The van der Waals surface area contributed by atoms with Crippen LogP contribution in [0.15, 0.2) is 59.5 Å². The summed E-state index contributed by atoms with van der Waals surface area (Å²) in [5, 5.41) is 0. The molecule has 7 heteroatoms. The molecule has 31 heavy (non-hydrogen) atoms.